The fourth-order valence-corrected chi connectivity index (χ4v) is 5.89. The molecule has 1 aliphatic heterocycles. The van der Waals surface area contributed by atoms with Gasteiger partial charge in [0, 0.05) is 23.5 Å². The molecule has 0 saturated heterocycles. The Balaban J connectivity index is 1.36. The van der Waals surface area contributed by atoms with E-state index in [1.165, 1.54) is 0 Å². The molecule has 6 rings (SSSR count). The first-order valence-corrected chi connectivity index (χ1v) is 13.2. The lowest BCUT2D eigenvalue weighted by Gasteiger charge is -2.28. The zero-order valence-electron chi connectivity index (χ0n) is 22.3. The van der Waals surface area contributed by atoms with Crippen LogP contribution in [0.25, 0.3) is 11.0 Å². The first-order chi connectivity index (χ1) is 19.0. The molecule has 7 heteroatoms. The summed E-state index contributed by atoms with van der Waals surface area (Å²) < 4.78 is 28.6. The summed E-state index contributed by atoms with van der Waals surface area (Å²) in [6.45, 7) is 2.43. The van der Waals surface area contributed by atoms with Gasteiger partial charge in [0.05, 0.1) is 32.6 Å². The highest BCUT2D eigenvalue weighted by molar-refractivity contribution is 5.95. The minimum atomic E-state index is -0.310. The van der Waals surface area contributed by atoms with E-state index in [0.29, 0.717) is 41.4 Å². The number of carbonyl (C=O) groups excluding carboxylic acids is 1. The van der Waals surface area contributed by atoms with Crippen LogP contribution in [-0.4, -0.2) is 26.8 Å². The average Bonchev–Trinajstić information content (AvgIpc) is 3.43. The van der Waals surface area contributed by atoms with Crippen LogP contribution in [0.5, 0.6) is 23.0 Å². The van der Waals surface area contributed by atoms with Crippen molar-refractivity contribution in [3.05, 3.63) is 92.3 Å². The van der Waals surface area contributed by atoms with Crippen molar-refractivity contribution in [1.82, 2.24) is 0 Å². The minimum absolute atomic E-state index is 0.204. The Bertz CT molecular complexity index is 1630. The molecule has 0 radical (unpaired) electrons. The van der Waals surface area contributed by atoms with Crippen LogP contribution in [0.1, 0.15) is 52.1 Å². The van der Waals surface area contributed by atoms with Crippen molar-refractivity contribution in [2.75, 3.05) is 20.8 Å². The normalized spacial score (nSPS) is 16.0. The number of hydrogen-bond donors (Lipinski definition) is 0. The van der Waals surface area contributed by atoms with Gasteiger partial charge in [-0.2, -0.15) is 0 Å². The summed E-state index contributed by atoms with van der Waals surface area (Å²) in [6, 6.07) is 15.6. The third kappa shape index (κ3) is 4.52. The molecule has 1 aromatic heterocycles. The predicted molar refractivity (Wildman–Crippen MR) is 147 cm³/mol. The molecule has 4 aromatic rings. The second kappa shape index (κ2) is 10.1. The molecule has 0 amide bonds. The van der Waals surface area contributed by atoms with Gasteiger partial charge in [0.15, 0.2) is 11.5 Å². The lowest BCUT2D eigenvalue weighted by Crippen LogP contribution is -2.23. The maximum Gasteiger partial charge on any atom is 0.339 e. The lowest BCUT2D eigenvalue weighted by molar-refractivity contribution is -0.135. The van der Waals surface area contributed by atoms with E-state index < -0.39 is 0 Å². The maximum absolute atomic E-state index is 12.9. The first-order valence-electron chi connectivity index (χ1n) is 13.2. The number of hydrogen-bond acceptors (Lipinski definition) is 7. The highest BCUT2D eigenvalue weighted by Crippen LogP contribution is 2.47. The average molecular weight is 527 g/mol. The number of methoxy groups -OCH3 is 2. The van der Waals surface area contributed by atoms with Gasteiger partial charge in [-0.05, 0) is 78.8 Å². The maximum atomic E-state index is 12.9. The van der Waals surface area contributed by atoms with Crippen LogP contribution in [0.4, 0.5) is 0 Å². The number of aryl methyl sites for hydroxylation is 2. The van der Waals surface area contributed by atoms with E-state index in [1.807, 2.05) is 55.5 Å². The van der Waals surface area contributed by atoms with Crippen molar-refractivity contribution in [3.63, 3.8) is 0 Å². The zero-order chi connectivity index (χ0) is 27.1. The SMILES string of the molecule is COc1ccc(CCOc2cc([C@@H]3CC(=O)Oc4c3c(C)cc3oc(=O)c5c(c43)CCC5)ccc2OC)cc1. The Kier molecular flexibility index (Phi) is 6.51. The molecule has 7 nitrogen and oxygen atoms in total. The van der Waals surface area contributed by atoms with Crippen LogP contribution >= 0.6 is 0 Å². The molecule has 1 atom stereocenters. The Hall–Kier alpha value is -4.26. The number of esters is 1. The molecule has 1 aliphatic carbocycles. The van der Waals surface area contributed by atoms with Gasteiger partial charge in [0.2, 0.25) is 0 Å². The van der Waals surface area contributed by atoms with Gasteiger partial charge in [0.1, 0.15) is 17.1 Å². The van der Waals surface area contributed by atoms with Crippen molar-refractivity contribution >= 4 is 16.9 Å². The van der Waals surface area contributed by atoms with Crippen LogP contribution in [0, 0.1) is 6.92 Å². The van der Waals surface area contributed by atoms with Gasteiger partial charge in [-0.25, -0.2) is 4.79 Å². The minimum Gasteiger partial charge on any atom is -0.497 e. The Morgan fingerprint density at radius 3 is 2.49 bits per heavy atom. The zero-order valence-corrected chi connectivity index (χ0v) is 22.3. The molecule has 0 saturated carbocycles. The molecule has 0 bridgehead atoms. The van der Waals surface area contributed by atoms with Crippen LogP contribution in [0.15, 0.2) is 57.7 Å². The summed E-state index contributed by atoms with van der Waals surface area (Å²) in [7, 11) is 3.26. The summed E-state index contributed by atoms with van der Waals surface area (Å²) in [4.78, 5) is 25.5. The second-order valence-corrected chi connectivity index (χ2v) is 10.1. The van der Waals surface area contributed by atoms with Crippen LogP contribution in [-0.2, 0) is 24.1 Å². The fraction of sp³-hybridized carbons (Fsp3) is 0.312. The highest BCUT2D eigenvalue weighted by atomic mass is 16.5. The smallest absolute Gasteiger partial charge is 0.339 e. The van der Waals surface area contributed by atoms with Crippen molar-refractivity contribution in [1.29, 1.82) is 0 Å². The van der Waals surface area contributed by atoms with Crippen molar-refractivity contribution < 1.29 is 28.2 Å². The molecule has 0 unspecified atom stereocenters. The molecule has 200 valence electrons. The second-order valence-electron chi connectivity index (χ2n) is 10.1. The topological polar surface area (TPSA) is 84.2 Å². The van der Waals surface area contributed by atoms with Gasteiger partial charge in [-0.15, -0.1) is 0 Å². The molecule has 0 fully saturated rings. The van der Waals surface area contributed by atoms with Gasteiger partial charge in [0.25, 0.3) is 0 Å². The molecule has 2 heterocycles. The van der Waals surface area contributed by atoms with E-state index in [-0.39, 0.29) is 23.9 Å². The Labute approximate surface area is 226 Å². The molecule has 0 N–H and O–H groups in total. The highest BCUT2D eigenvalue weighted by Gasteiger charge is 2.34. The summed E-state index contributed by atoms with van der Waals surface area (Å²) in [5.41, 5.74) is 5.75. The van der Waals surface area contributed by atoms with E-state index >= 15 is 0 Å². The molecule has 0 spiro atoms. The van der Waals surface area contributed by atoms with Gasteiger partial charge >= 0.3 is 11.6 Å². The summed E-state index contributed by atoms with van der Waals surface area (Å²) >= 11 is 0. The molecular weight excluding hydrogens is 496 g/mol. The quantitative estimate of drug-likeness (QED) is 0.174. The third-order valence-corrected chi connectivity index (χ3v) is 7.79. The lowest BCUT2D eigenvalue weighted by atomic mass is 9.82. The standard InChI is InChI=1S/C32H30O7/c1-18-15-27-30(22-5-4-6-23(22)32(34)38-27)31-29(18)24(17-28(33)39-31)20-9-12-25(36-3)26(16-20)37-14-13-19-7-10-21(35-2)11-8-19/h7-12,15-16,24H,4-6,13-14,17H2,1-3H3/t24-/m0/s1. The van der Waals surface area contributed by atoms with E-state index in [4.69, 9.17) is 23.4 Å². The van der Waals surface area contributed by atoms with Crippen molar-refractivity contribution in [2.24, 2.45) is 0 Å². The molecule has 39 heavy (non-hydrogen) atoms. The summed E-state index contributed by atoms with van der Waals surface area (Å²) in [6.07, 6.45) is 3.26. The van der Waals surface area contributed by atoms with Gasteiger partial charge < -0.3 is 23.4 Å². The number of carbonyl (C=O) groups is 1. The van der Waals surface area contributed by atoms with E-state index in [0.717, 1.165) is 58.2 Å². The molecular formula is C32H30O7. The summed E-state index contributed by atoms with van der Waals surface area (Å²) in [5, 5.41) is 0.755. The number of fused-ring (bicyclic) bond motifs is 5. The Morgan fingerprint density at radius 1 is 0.923 bits per heavy atom. The Morgan fingerprint density at radius 2 is 1.72 bits per heavy atom. The number of benzene rings is 3. The molecule has 2 aliphatic rings. The fourth-order valence-electron chi connectivity index (χ4n) is 5.89. The van der Waals surface area contributed by atoms with Crippen LogP contribution in [0.2, 0.25) is 0 Å². The third-order valence-electron chi connectivity index (χ3n) is 7.79. The van der Waals surface area contributed by atoms with E-state index in [2.05, 4.69) is 0 Å². The van der Waals surface area contributed by atoms with E-state index in [9.17, 15) is 9.59 Å². The van der Waals surface area contributed by atoms with Crippen LogP contribution < -0.4 is 24.6 Å². The first kappa shape index (κ1) is 25.0. The van der Waals surface area contributed by atoms with Crippen molar-refractivity contribution in [3.8, 4) is 23.0 Å². The monoisotopic (exact) mass is 526 g/mol. The number of ether oxygens (including phenoxy) is 4. The number of rotatable bonds is 7. The van der Waals surface area contributed by atoms with Crippen molar-refractivity contribution in [2.45, 2.75) is 44.9 Å². The van der Waals surface area contributed by atoms with Gasteiger partial charge in [-0.3, -0.25) is 4.79 Å². The largest absolute Gasteiger partial charge is 0.497 e. The molecule has 3 aromatic carbocycles. The van der Waals surface area contributed by atoms with E-state index in [1.54, 1.807) is 14.2 Å². The predicted octanol–water partition coefficient (Wildman–Crippen LogP) is 5.67. The van der Waals surface area contributed by atoms with Crippen LogP contribution in [0.3, 0.4) is 0 Å². The summed E-state index contributed by atoms with van der Waals surface area (Å²) in [5.74, 6) is 2.04. The van der Waals surface area contributed by atoms with Gasteiger partial charge in [-0.1, -0.05) is 18.2 Å².